The van der Waals surface area contributed by atoms with Crippen LogP contribution in [-0.2, 0) is 14.6 Å². The third-order valence-corrected chi connectivity index (χ3v) is 4.94. The van der Waals surface area contributed by atoms with Crippen LogP contribution < -0.4 is 11.1 Å². The first-order valence-corrected chi connectivity index (χ1v) is 8.30. The van der Waals surface area contributed by atoms with Crippen molar-refractivity contribution in [3.8, 4) is 0 Å². The van der Waals surface area contributed by atoms with Crippen LogP contribution in [0.1, 0.15) is 27.2 Å². The molecule has 112 valence electrons. The van der Waals surface area contributed by atoms with Crippen LogP contribution in [0.5, 0.6) is 0 Å². The maximum atomic E-state index is 12.0. The zero-order valence-electron chi connectivity index (χ0n) is 12.1. The fraction of sp³-hybridized carbons (Fsp3) is 0.500. The molecule has 1 rings (SSSR count). The van der Waals surface area contributed by atoms with E-state index in [2.05, 4.69) is 5.32 Å². The van der Waals surface area contributed by atoms with Gasteiger partial charge in [0, 0.05) is 12.5 Å². The lowest BCUT2D eigenvalue weighted by Gasteiger charge is -2.16. The number of para-hydroxylation sites is 1. The van der Waals surface area contributed by atoms with Crippen LogP contribution in [0.2, 0.25) is 0 Å². The Morgan fingerprint density at radius 2 is 1.90 bits per heavy atom. The van der Waals surface area contributed by atoms with Gasteiger partial charge in [-0.2, -0.15) is 0 Å². The highest BCUT2D eigenvalue weighted by atomic mass is 32.2. The Morgan fingerprint density at radius 1 is 1.30 bits per heavy atom. The Hall–Kier alpha value is -1.40. The first-order valence-electron chi connectivity index (χ1n) is 6.65. The molecule has 1 aromatic carbocycles. The van der Waals surface area contributed by atoms with Crippen molar-refractivity contribution < 1.29 is 13.2 Å². The Bertz CT molecular complexity index is 568. The monoisotopic (exact) mass is 298 g/mol. The number of anilines is 1. The van der Waals surface area contributed by atoms with Gasteiger partial charge in [-0.3, -0.25) is 4.79 Å². The van der Waals surface area contributed by atoms with Crippen LogP contribution in [0.3, 0.4) is 0 Å². The summed E-state index contributed by atoms with van der Waals surface area (Å²) in [4.78, 5) is 12.1. The number of amides is 1. The van der Waals surface area contributed by atoms with Gasteiger partial charge in [-0.1, -0.05) is 32.9 Å². The molecule has 0 heterocycles. The minimum atomic E-state index is -3.37. The standard InChI is InChI=1S/C14H22N2O3S/c1-4-20(18,19)13-8-6-5-7-12(13)16-14(17)9-11(15)10(2)3/h5-8,10-11H,4,9,15H2,1-3H3,(H,16,17). The quantitative estimate of drug-likeness (QED) is 0.838. The first kappa shape index (κ1) is 16.7. The van der Waals surface area contributed by atoms with Gasteiger partial charge < -0.3 is 11.1 Å². The van der Waals surface area contributed by atoms with Crippen LogP contribution in [0.25, 0.3) is 0 Å². The molecule has 1 unspecified atom stereocenters. The van der Waals surface area contributed by atoms with E-state index in [0.717, 1.165) is 0 Å². The van der Waals surface area contributed by atoms with Crippen molar-refractivity contribution in [2.75, 3.05) is 11.1 Å². The molecule has 1 atom stereocenters. The highest BCUT2D eigenvalue weighted by molar-refractivity contribution is 7.91. The fourth-order valence-electron chi connectivity index (χ4n) is 1.65. The van der Waals surface area contributed by atoms with Crippen LogP contribution >= 0.6 is 0 Å². The second kappa shape index (κ2) is 6.85. The van der Waals surface area contributed by atoms with Gasteiger partial charge in [0.1, 0.15) is 0 Å². The summed E-state index contributed by atoms with van der Waals surface area (Å²) < 4.78 is 23.9. The molecule has 0 saturated heterocycles. The van der Waals surface area contributed by atoms with Crippen molar-refractivity contribution in [3.63, 3.8) is 0 Å². The Morgan fingerprint density at radius 3 is 2.45 bits per heavy atom. The molecule has 1 aromatic rings. The molecule has 3 N–H and O–H groups in total. The predicted molar refractivity (Wildman–Crippen MR) is 80.2 cm³/mol. The van der Waals surface area contributed by atoms with Gasteiger partial charge in [0.15, 0.2) is 9.84 Å². The SMILES string of the molecule is CCS(=O)(=O)c1ccccc1NC(=O)CC(N)C(C)C. The second-order valence-corrected chi connectivity index (χ2v) is 7.31. The van der Waals surface area contributed by atoms with Gasteiger partial charge >= 0.3 is 0 Å². The van der Waals surface area contributed by atoms with E-state index in [0.29, 0.717) is 5.69 Å². The summed E-state index contributed by atoms with van der Waals surface area (Å²) in [6.07, 6.45) is 0.165. The minimum absolute atomic E-state index is 0.00854. The van der Waals surface area contributed by atoms with Gasteiger partial charge in [-0.15, -0.1) is 0 Å². The van der Waals surface area contributed by atoms with Crippen molar-refractivity contribution in [3.05, 3.63) is 24.3 Å². The summed E-state index contributed by atoms with van der Waals surface area (Å²) >= 11 is 0. The molecule has 0 aliphatic rings. The maximum Gasteiger partial charge on any atom is 0.225 e. The normalized spacial score (nSPS) is 13.2. The smallest absolute Gasteiger partial charge is 0.225 e. The summed E-state index contributed by atoms with van der Waals surface area (Å²) in [6.45, 7) is 5.45. The predicted octanol–water partition coefficient (Wildman–Crippen LogP) is 1.79. The van der Waals surface area contributed by atoms with Gasteiger partial charge in [0.25, 0.3) is 0 Å². The van der Waals surface area contributed by atoms with Crippen LogP contribution in [0.15, 0.2) is 29.2 Å². The van der Waals surface area contributed by atoms with Gasteiger partial charge in [0.05, 0.1) is 16.3 Å². The number of carbonyl (C=O) groups excluding carboxylic acids is 1. The molecule has 0 radical (unpaired) electrons. The van der Waals surface area contributed by atoms with Crippen LogP contribution in [0, 0.1) is 5.92 Å². The van der Waals surface area contributed by atoms with E-state index in [1.54, 1.807) is 25.1 Å². The number of nitrogens with one attached hydrogen (secondary N) is 1. The maximum absolute atomic E-state index is 12.0. The Labute approximate surface area is 120 Å². The molecule has 0 fully saturated rings. The third-order valence-electron chi connectivity index (χ3n) is 3.15. The summed E-state index contributed by atoms with van der Waals surface area (Å²) in [6, 6.07) is 6.16. The van der Waals surface area contributed by atoms with E-state index in [-0.39, 0.29) is 34.9 Å². The second-order valence-electron chi connectivity index (χ2n) is 5.06. The molecule has 0 bridgehead atoms. The lowest BCUT2D eigenvalue weighted by Crippen LogP contribution is -2.31. The van der Waals surface area contributed by atoms with Crippen molar-refractivity contribution >= 4 is 21.4 Å². The Kier molecular flexibility index (Phi) is 5.71. The molecule has 0 saturated carbocycles. The van der Waals surface area contributed by atoms with E-state index in [4.69, 9.17) is 5.73 Å². The fourth-order valence-corrected chi connectivity index (χ4v) is 2.70. The lowest BCUT2D eigenvalue weighted by molar-refractivity contribution is -0.116. The summed E-state index contributed by atoms with van der Waals surface area (Å²) in [7, 11) is -3.37. The molecular formula is C14H22N2O3S. The highest BCUT2D eigenvalue weighted by Gasteiger charge is 2.19. The molecule has 0 aliphatic heterocycles. The average molecular weight is 298 g/mol. The van der Waals surface area contributed by atoms with E-state index < -0.39 is 9.84 Å². The molecule has 20 heavy (non-hydrogen) atoms. The van der Waals surface area contributed by atoms with Gasteiger partial charge in [-0.25, -0.2) is 8.42 Å². The Balaban J connectivity index is 2.91. The largest absolute Gasteiger partial charge is 0.327 e. The van der Waals surface area contributed by atoms with Crippen LogP contribution in [0.4, 0.5) is 5.69 Å². The molecule has 5 nitrogen and oxygen atoms in total. The zero-order chi connectivity index (χ0) is 15.3. The molecule has 0 spiro atoms. The number of hydrogen-bond acceptors (Lipinski definition) is 4. The number of hydrogen-bond donors (Lipinski definition) is 2. The van der Waals surface area contributed by atoms with Crippen molar-refractivity contribution in [1.29, 1.82) is 0 Å². The van der Waals surface area contributed by atoms with Crippen molar-refractivity contribution in [1.82, 2.24) is 0 Å². The van der Waals surface area contributed by atoms with Gasteiger partial charge in [0.2, 0.25) is 5.91 Å². The van der Waals surface area contributed by atoms with E-state index in [9.17, 15) is 13.2 Å². The molecule has 0 aromatic heterocycles. The number of sulfone groups is 1. The van der Waals surface area contributed by atoms with Gasteiger partial charge in [-0.05, 0) is 18.1 Å². The zero-order valence-corrected chi connectivity index (χ0v) is 12.9. The molecule has 0 aliphatic carbocycles. The van der Waals surface area contributed by atoms with E-state index in [1.165, 1.54) is 6.07 Å². The molecule has 6 heteroatoms. The number of carbonyl (C=O) groups is 1. The molecule has 1 amide bonds. The lowest BCUT2D eigenvalue weighted by atomic mass is 10.0. The third kappa shape index (κ3) is 4.31. The summed E-state index contributed by atoms with van der Waals surface area (Å²) in [5.74, 6) is -0.0916. The van der Waals surface area contributed by atoms with E-state index >= 15 is 0 Å². The van der Waals surface area contributed by atoms with Crippen LogP contribution in [-0.4, -0.2) is 26.1 Å². The number of benzene rings is 1. The number of rotatable bonds is 6. The van der Waals surface area contributed by atoms with Crippen molar-refractivity contribution in [2.45, 2.75) is 38.1 Å². The average Bonchev–Trinajstić information content (AvgIpc) is 2.38. The summed E-state index contributed by atoms with van der Waals surface area (Å²) in [5.41, 5.74) is 6.16. The highest BCUT2D eigenvalue weighted by Crippen LogP contribution is 2.22. The first-order chi connectivity index (χ1) is 9.27. The number of nitrogens with two attached hydrogens (primary N) is 1. The minimum Gasteiger partial charge on any atom is -0.327 e. The summed E-state index contributed by atoms with van der Waals surface area (Å²) in [5, 5.41) is 2.64. The molecular weight excluding hydrogens is 276 g/mol. The van der Waals surface area contributed by atoms with E-state index in [1.807, 2.05) is 13.8 Å². The topological polar surface area (TPSA) is 89.3 Å². The van der Waals surface area contributed by atoms with Crippen molar-refractivity contribution in [2.24, 2.45) is 11.7 Å².